The number of nitrogens with zero attached hydrogens (tertiary/aromatic N) is 1. The van der Waals surface area contributed by atoms with Gasteiger partial charge in [0.25, 0.3) is 5.19 Å². The highest BCUT2D eigenvalue weighted by atomic mass is 32.1. The first-order valence-electron chi connectivity index (χ1n) is 1.55. The van der Waals surface area contributed by atoms with Crippen molar-refractivity contribution in [1.29, 1.82) is 0 Å². The van der Waals surface area contributed by atoms with Crippen LogP contribution in [0.2, 0.25) is 0 Å². The molecule has 0 fully saturated rings. The molecule has 7 heavy (non-hydrogen) atoms. The summed E-state index contributed by atoms with van der Waals surface area (Å²) in [7, 11) is 0. The maximum Gasteiger partial charge on any atom is 0.274 e. The average Bonchev–Trinajstić information content (AvgIpc) is 1.87. The highest BCUT2D eigenvalue weighted by Crippen LogP contribution is 2.22. The fourth-order valence-corrected chi connectivity index (χ4v) is 0.583. The molecule has 0 spiro atoms. The second kappa shape index (κ2) is 1.38. The Labute approximate surface area is 43.9 Å². The normalized spacial score (nSPS) is 9.14. The van der Waals surface area contributed by atoms with Gasteiger partial charge >= 0.3 is 0 Å². The minimum atomic E-state index is -0.155. The lowest BCUT2D eigenvalue weighted by Gasteiger charge is -1.68. The van der Waals surface area contributed by atoms with Crippen molar-refractivity contribution >= 4 is 11.3 Å². The third-order valence-corrected chi connectivity index (χ3v) is 0.994. The standard InChI is InChI=1S/C3H2NO2S/c5-2-1-4-3(6)7-2/h5H,(H,4,6). The van der Waals surface area contributed by atoms with Crippen LogP contribution in [-0.2, 0) is 0 Å². The lowest BCUT2D eigenvalue weighted by Crippen LogP contribution is -1.51. The summed E-state index contributed by atoms with van der Waals surface area (Å²) in [4.78, 5) is 3.22. The Kier molecular flexibility index (Phi) is 0.867. The van der Waals surface area contributed by atoms with E-state index in [4.69, 9.17) is 10.2 Å². The first-order valence-corrected chi connectivity index (χ1v) is 2.37. The number of aromatic hydroxyl groups is 2. The van der Waals surface area contributed by atoms with E-state index in [-0.39, 0.29) is 10.3 Å². The first kappa shape index (κ1) is 4.39. The van der Waals surface area contributed by atoms with E-state index in [0.29, 0.717) is 0 Å². The molecule has 1 radical (unpaired) electrons. The van der Waals surface area contributed by atoms with Crippen LogP contribution >= 0.6 is 11.3 Å². The van der Waals surface area contributed by atoms with Gasteiger partial charge < -0.3 is 10.2 Å². The number of hydrogen-bond donors (Lipinski definition) is 2. The van der Waals surface area contributed by atoms with Gasteiger partial charge in [-0.1, -0.05) is 0 Å². The van der Waals surface area contributed by atoms with Gasteiger partial charge in [-0.25, -0.2) is 0 Å². The molecule has 0 atom stereocenters. The van der Waals surface area contributed by atoms with E-state index >= 15 is 0 Å². The Balaban J connectivity index is 3.04. The predicted molar refractivity (Wildman–Crippen MR) is 24.3 cm³/mol. The van der Waals surface area contributed by atoms with Crippen molar-refractivity contribution in [3.05, 3.63) is 6.20 Å². The molecule has 0 aromatic carbocycles. The largest absolute Gasteiger partial charge is 0.498 e. The molecule has 4 heteroatoms. The molecular formula is C3H2NO2S. The van der Waals surface area contributed by atoms with Gasteiger partial charge in [-0.05, 0) is 11.3 Å². The van der Waals surface area contributed by atoms with Crippen molar-refractivity contribution in [2.24, 2.45) is 0 Å². The highest BCUT2D eigenvalue weighted by molar-refractivity contribution is 7.14. The minimum absolute atomic E-state index is 0.0856. The molecule has 1 rings (SSSR count). The summed E-state index contributed by atoms with van der Waals surface area (Å²) < 4.78 is 0. The van der Waals surface area contributed by atoms with Crippen LogP contribution in [0.4, 0.5) is 0 Å². The molecular weight excluding hydrogens is 114 g/mol. The van der Waals surface area contributed by atoms with Crippen LogP contribution < -0.4 is 0 Å². The van der Waals surface area contributed by atoms with Crippen molar-refractivity contribution in [3.8, 4) is 10.3 Å². The van der Waals surface area contributed by atoms with Crippen molar-refractivity contribution in [3.63, 3.8) is 0 Å². The number of aromatic nitrogens is 1. The van der Waals surface area contributed by atoms with Crippen LogP contribution in [0.3, 0.4) is 0 Å². The van der Waals surface area contributed by atoms with Crippen LogP contribution in [0.5, 0.6) is 10.3 Å². The molecule has 1 aromatic heterocycles. The fourth-order valence-electron chi connectivity index (χ4n) is 0.228. The van der Waals surface area contributed by atoms with E-state index in [2.05, 4.69) is 11.2 Å². The van der Waals surface area contributed by atoms with Crippen molar-refractivity contribution in [1.82, 2.24) is 4.98 Å². The van der Waals surface area contributed by atoms with Crippen LogP contribution in [0, 0.1) is 6.20 Å². The molecule has 3 nitrogen and oxygen atoms in total. The maximum atomic E-state index is 8.39. The summed E-state index contributed by atoms with van der Waals surface area (Å²) in [5.74, 6) is 0. The summed E-state index contributed by atoms with van der Waals surface area (Å²) in [5, 5.41) is 16.5. The molecule has 2 N–H and O–H groups in total. The summed E-state index contributed by atoms with van der Waals surface area (Å²) in [6.45, 7) is 0. The summed E-state index contributed by atoms with van der Waals surface area (Å²) in [6, 6.07) is 0. The Bertz CT molecular complexity index is 145. The smallest absolute Gasteiger partial charge is 0.274 e. The average molecular weight is 116 g/mol. The molecule has 0 aliphatic carbocycles. The van der Waals surface area contributed by atoms with E-state index in [0.717, 1.165) is 11.3 Å². The van der Waals surface area contributed by atoms with Gasteiger partial charge in [-0.3, -0.25) is 0 Å². The first-order chi connectivity index (χ1) is 3.29. The second-order valence-corrected chi connectivity index (χ2v) is 1.87. The van der Waals surface area contributed by atoms with E-state index in [1.54, 1.807) is 0 Å². The maximum absolute atomic E-state index is 8.39. The van der Waals surface area contributed by atoms with Gasteiger partial charge in [-0.15, -0.1) is 0 Å². The Morgan fingerprint density at radius 1 is 1.57 bits per heavy atom. The Hall–Kier alpha value is -0.770. The monoisotopic (exact) mass is 116 g/mol. The number of rotatable bonds is 0. The third kappa shape index (κ3) is 0.806. The topological polar surface area (TPSA) is 53.4 Å². The summed E-state index contributed by atoms with van der Waals surface area (Å²) >= 11 is 0.787. The van der Waals surface area contributed by atoms with Crippen LogP contribution in [0.15, 0.2) is 0 Å². The molecule has 1 aromatic rings. The second-order valence-electron chi connectivity index (χ2n) is 0.913. The Morgan fingerprint density at radius 3 is 2.43 bits per heavy atom. The van der Waals surface area contributed by atoms with E-state index in [1.165, 1.54) is 0 Å². The van der Waals surface area contributed by atoms with Crippen molar-refractivity contribution < 1.29 is 10.2 Å². The van der Waals surface area contributed by atoms with Crippen molar-refractivity contribution in [2.45, 2.75) is 0 Å². The van der Waals surface area contributed by atoms with Crippen LogP contribution in [0.1, 0.15) is 0 Å². The zero-order valence-corrected chi connectivity index (χ0v) is 4.07. The summed E-state index contributed by atoms with van der Waals surface area (Å²) in [5.41, 5.74) is 0. The van der Waals surface area contributed by atoms with Gasteiger partial charge in [0.15, 0.2) is 6.20 Å². The molecule has 0 saturated carbocycles. The highest BCUT2D eigenvalue weighted by Gasteiger charge is 1.93. The number of thiazole rings is 1. The molecule has 0 amide bonds. The predicted octanol–water partition coefficient (Wildman–Crippen LogP) is 0.354. The molecule has 0 bridgehead atoms. The van der Waals surface area contributed by atoms with Gasteiger partial charge in [-0.2, -0.15) is 4.98 Å². The van der Waals surface area contributed by atoms with Gasteiger partial charge in [0.2, 0.25) is 5.06 Å². The number of hydrogen-bond acceptors (Lipinski definition) is 4. The quantitative estimate of drug-likeness (QED) is 0.514. The lowest BCUT2D eigenvalue weighted by atomic mass is 10.9. The minimum Gasteiger partial charge on any atom is -0.498 e. The van der Waals surface area contributed by atoms with Gasteiger partial charge in [0.05, 0.1) is 0 Å². The third-order valence-electron chi connectivity index (χ3n) is 0.435. The van der Waals surface area contributed by atoms with E-state index < -0.39 is 0 Å². The van der Waals surface area contributed by atoms with Gasteiger partial charge in [0, 0.05) is 0 Å². The molecule has 37 valence electrons. The molecule has 0 unspecified atom stereocenters. The molecule has 1 heterocycles. The van der Waals surface area contributed by atoms with E-state index in [1.807, 2.05) is 0 Å². The van der Waals surface area contributed by atoms with Gasteiger partial charge in [0.1, 0.15) is 0 Å². The zero-order valence-electron chi connectivity index (χ0n) is 3.25. The molecule has 0 aliphatic rings. The zero-order chi connectivity index (χ0) is 5.28. The molecule has 0 saturated heterocycles. The fraction of sp³-hybridized carbons (Fsp3) is 0. The summed E-state index contributed by atoms with van der Waals surface area (Å²) in [6.07, 6.45) is 2.14. The molecule has 0 aliphatic heterocycles. The van der Waals surface area contributed by atoms with Crippen LogP contribution in [-0.4, -0.2) is 15.2 Å². The van der Waals surface area contributed by atoms with Crippen molar-refractivity contribution in [2.75, 3.05) is 0 Å². The SMILES string of the molecule is Oc1[c]nc(O)s1. The lowest BCUT2D eigenvalue weighted by molar-refractivity contribution is 0.470. The van der Waals surface area contributed by atoms with Crippen LogP contribution in [0.25, 0.3) is 0 Å². The van der Waals surface area contributed by atoms with E-state index in [9.17, 15) is 0 Å². The Morgan fingerprint density at radius 2 is 2.29 bits per heavy atom.